The van der Waals surface area contributed by atoms with Gasteiger partial charge >= 0.3 is 0 Å². The lowest BCUT2D eigenvalue weighted by molar-refractivity contribution is 0.0758. The minimum atomic E-state index is -0.250. The van der Waals surface area contributed by atoms with Crippen LogP contribution in [0.5, 0.6) is 0 Å². The molecule has 0 spiro atoms. The molecule has 96 valence electrons. The minimum absolute atomic E-state index is 0.250. The lowest BCUT2D eigenvalue weighted by Crippen LogP contribution is -2.32. The molecule has 0 atom stereocenters. The molecule has 19 heavy (non-hydrogen) atoms. The fraction of sp³-hybridized carbons (Fsp3) is 0.143. The number of benzene rings is 2. The largest absolute Gasteiger partial charge is 0.377 e. The Kier molecular flexibility index (Phi) is 2.74. The molecule has 0 N–H and O–H groups in total. The number of anilines is 1. The molecule has 2 aromatic rings. The molecule has 2 amide bonds. The lowest BCUT2D eigenvalue weighted by Gasteiger charge is -2.24. The molecule has 1 aliphatic rings. The average molecular weight is 366 g/mol. The van der Waals surface area contributed by atoms with Crippen molar-refractivity contribution in [2.75, 3.05) is 19.0 Å². The first-order valence-corrected chi connectivity index (χ1v) is 6.76. The Balaban J connectivity index is 2.47. The third-order valence-electron chi connectivity index (χ3n) is 3.32. The molecule has 0 radical (unpaired) electrons. The van der Waals surface area contributed by atoms with Crippen molar-refractivity contribution in [3.05, 3.63) is 41.5 Å². The van der Waals surface area contributed by atoms with Crippen LogP contribution in [-0.4, -0.2) is 29.0 Å². The summed E-state index contributed by atoms with van der Waals surface area (Å²) in [5.41, 5.74) is 2.18. The van der Waals surface area contributed by atoms with E-state index in [1.54, 1.807) is 35.0 Å². The molecule has 1 aliphatic heterocycles. The minimum Gasteiger partial charge on any atom is -0.377 e. The summed E-state index contributed by atoms with van der Waals surface area (Å²) in [6.45, 7) is 0. The zero-order valence-corrected chi connectivity index (χ0v) is 12.6. The van der Waals surface area contributed by atoms with Gasteiger partial charge in [0.1, 0.15) is 0 Å². The van der Waals surface area contributed by atoms with E-state index in [-0.39, 0.29) is 11.8 Å². The average Bonchev–Trinajstić information content (AvgIpc) is 2.41. The van der Waals surface area contributed by atoms with E-state index in [0.29, 0.717) is 11.1 Å². The van der Waals surface area contributed by atoms with Gasteiger partial charge in [-0.1, -0.05) is 12.1 Å². The first kappa shape index (κ1) is 12.4. The van der Waals surface area contributed by atoms with Gasteiger partial charge in [0.15, 0.2) is 0 Å². The van der Waals surface area contributed by atoms with Crippen LogP contribution in [0.1, 0.15) is 20.7 Å². The molecule has 3 rings (SSSR count). The molecule has 0 aliphatic carbocycles. The first-order valence-electron chi connectivity index (χ1n) is 5.80. The van der Waals surface area contributed by atoms with E-state index < -0.39 is 0 Å². The van der Waals surface area contributed by atoms with Gasteiger partial charge in [-0.2, -0.15) is 0 Å². The van der Waals surface area contributed by atoms with E-state index in [1.165, 1.54) is 0 Å². The highest BCUT2D eigenvalue weighted by Crippen LogP contribution is 2.36. The molecule has 0 aromatic heterocycles. The maximum absolute atomic E-state index is 12.2. The van der Waals surface area contributed by atoms with Crippen LogP contribution in [0.3, 0.4) is 0 Å². The summed E-state index contributed by atoms with van der Waals surface area (Å²) < 4.78 is 1.14. The predicted octanol–water partition coefficient (Wildman–Crippen LogP) is 2.85. The summed E-state index contributed by atoms with van der Waals surface area (Å²) >= 11 is 1.76. The van der Waals surface area contributed by atoms with E-state index in [0.717, 1.165) is 19.6 Å². The number of rotatable bonds is 1. The van der Waals surface area contributed by atoms with E-state index >= 15 is 0 Å². The Labute approximate surface area is 124 Å². The van der Waals surface area contributed by atoms with Crippen molar-refractivity contribution in [3.63, 3.8) is 0 Å². The summed E-state index contributed by atoms with van der Waals surface area (Å²) in [6.07, 6.45) is 0. The van der Waals surface area contributed by atoms with Gasteiger partial charge in [-0.3, -0.25) is 9.59 Å². The number of hydrogen-bond acceptors (Lipinski definition) is 3. The highest BCUT2D eigenvalue weighted by atomic mass is 127. The van der Waals surface area contributed by atoms with Gasteiger partial charge in [0, 0.05) is 41.7 Å². The maximum Gasteiger partial charge on any atom is 0.270 e. The van der Waals surface area contributed by atoms with Crippen molar-refractivity contribution >= 4 is 51.1 Å². The number of carbonyl (C=O) groups is 2. The maximum atomic E-state index is 12.2. The molecule has 0 saturated carbocycles. The van der Waals surface area contributed by atoms with Crippen LogP contribution in [0, 0.1) is 0 Å². The molecule has 2 aromatic carbocycles. The first-order chi connectivity index (χ1) is 9.02. The Bertz CT molecular complexity index is 702. The summed E-state index contributed by atoms with van der Waals surface area (Å²) in [6, 6.07) is 9.28. The Morgan fingerprint density at radius 1 is 1.00 bits per heavy atom. The van der Waals surface area contributed by atoms with Crippen molar-refractivity contribution in [1.82, 2.24) is 3.11 Å². The van der Waals surface area contributed by atoms with E-state index in [9.17, 15) is 9.59 Å². The van der Waals surface area contributed by atoms with Crippen LogP contribution >= 0.6 is 22.9 Å². The Hall–Kier alpha value is -1.63. The summed E-state index contributed by atoms with van der Waals surface area (Å²) in [4.78, 5) is 26.3. The second kappa shape index (κ2) is 4.19. The number of amides is 2. The summed E-state index contributed by atoms with van der Waals surface area (Å²) in [5.74, 6) is -0.501. The molecule has 1 heterocycles. The standard InChI is InChI=1S/C14H11IN2O2/c1-16(2)11-7-6-10-12-8(11)4-3-5-9(12)13(18)17(15)14(10)19/h3-7H,1-2H3. The van der Waals surface area contributed by atoms with Crippen LogP contribution in [0.2, 0.25) is 0 Å². The van der Waals surface area contributed by atoms with Crippen molar-refractivity contribution in [3.8, 4) is 0 Å². The molecular weight excluding hydrogens is 355 g/mol. The van der Waals surface area contributed by atoms with Crippen LogP contribution < -0.4 is 4.90 Å². The topological polar surface area (TPSA) is 40.6 Å². The number of imide groups is 1. The molecule has 0 bridgehead atoms. The van der Waals surface area contributed by atoms with Gasteiger partial charge in [-0.05, 0) is 18.2 Å². The number of carbonyl (C=O) groups excluding carboxylic acids is 2. The smallest absolute Gasteiger partial charge is 0.270 e. The zero-order valence-electron chi connectivity index (χ0n) is 10.5. The SMILES string of the molecule is CN(C)c1ccc2c3c(cccc13)C(=O)N(I)C2=O. The molecule has 0 saturated heterocycles. The lowest BCUT2D eigenvalue weighted by atomic mass is 9.94. The van der Waals surface area contributed by atoms with Crippen molar-refractivity contribution < 1.29 is 9.59 Å². The predicted molar refractivity (Wildman–Crippen MR) is 82.8 cm³/mol. The Morgan fingerprint density at radius 2 is 1.63 bits per heavy atom. The van der Waals surface area contributed by atoms with Crippen LogP contribution in [-0.2, 0) is 0 Å². The van der Waals surface area contributed by atoms with Gasteiger partial charge in [-0.25, -0.2) is 3.11 Å². The van der Waals surface area contributed by atoms with Crippen molar-refractivity contribution in [1.29, 1.82) is 0 Å². The van der Waals surface area contributed by atoms with Gasteiger partial charge in [-0.15, -0.1) is 0 Å². The van der Waals surface area contributed by atoms with E-state index in [4.69, 9.17) is 0 Å². The summed E-state index contributed by atoms with van der Waals surface area (Å²) in [5, 5.41) is 1.70. The van der Waals surface area contributed by atoms with Gasteiger partial charge in [0.05, 0.1) is 22.9 Å². The fourth-order valence-corrected chi connectivity index (χ4v) is 2.96. The van der Waals surface area contributed by atoms with Crippen LogP contribution in [0.15, 0.2) is 30.3 Å². The van der Waals surface area contributed by atoms with Crippen molar-refractivity contribution in [2.24, 2.45) is 0 Å². The second-order valence-corrected chi connectivity index (χ2v) is 5.61. The molecular formula is C14H11IN2O2. The normalized spacial score (nSPS) is 14.2. The molecule has 4 nitrogen and oxygen atoms in total. The third-order valence-corrected chi connectivity index (χ3v) is 4.19. The molecule has 0 fully saturated rings. The fourth-order valence-electron chi connectivity index (χ4n) is 2.44. The van der Waals surface area contributed by atoms with Crippen LogP contribution in [0.25, 0.3) is 10.8 Å². The zero-order chi connectivity index (χ0) is 13.7. The quantitative estimate of drug-likeness (QED) is 0.443. The highest BCUT2D eigenvalue weighted by molar-refractivity contribution is 14.1. The molecule has 5 heteroatoms. The van der Waals surface area contributed by atoms with Crippen molar-refractivity contribution in [2.45, 2.75) is 0 Å². The van der Waals surface area contributed by atoms with E-state index in [2.05, 4.69) is 0 Å². The van der Waals surface area contributed by atoms with E-state index in [1.807, 2.05) is 37.2 Å². The number of nitrogens with zero attached hydrogens (tertiary/aromatic N) is 2. The van der Waals surface area contributed by atoms with Gasteiger partial charge in [0.2, 0.25) is 0 Å². The Morgan fingerprint density at radius 3 is 2.26 bits per heavy atom. The van der Waals surface area contributed by atoms with Crippen LogP contribution in [0.4, 0.5) is 5.69 Å². The van der Waals surface area contributed by atoms with Gasteiger partial charge < -0.3 is 4.90 Å². The third kappa shape index (κ3) is 1.64. The number of halogens is 1. The summed E-state index contributed by atoms with van der Waals surface area (Å²) in [7, 11) is 3.89. The monoisotopic (exact) mass is 366 g/mol. The molecule has 0 unspecified atom stereocenters. The number of hydrogen-bond donors (Lipinski definition) is 0. The second-order valence-electron chi connectivity index (χ2n) is 4.65. The van der Waals surface area contributed by atoms with Gasteiger partial charge in [0.25, 0.3) is 11.8 Å². The highest BCUT2D eigenvalue weighted by Gasteiger charge is 2.31.